The highest BCUT2D eigenvalue weighted by molar-refractivity contribution is 6.32. The Bertz CT molecular complexity index is 1980. The minimum Gasteiger partial charge on any atom is -0.507 e. The van der Waals surface area contributed by atoms with E-state index in [-0.39, 0.29) is 55.9 Å². The van der Waals surface area contributed by atoms with Crippen molar-refractivity contribution in [3.05, 3.63) is 98.4 Å². The number of hydrogen-bond acceptors (Lipinski definition) is 11. The summed E-state index contributed by atoms with van der Waals surface area (Å²) in [7, 11) is 2.99. The molecule has 0 amide bonds. The van der Waals surface area contributed by atoms with Crippen LogP contribution in [0, 0.1) is 13.8 Å². The Morgan fingerprint density at radius 2 is 1.16 bits per heavy atom. The first kappa shape index (κ1) is 29.5. The van der Waals surface area contributed by atoms with Crippen LogP contribution in [-0.4, -0.2) is 51.3 Å². The van der Waals surface area contributed by atoms with E-state index >= 15 is 0 Å². The summed E-state index contributed by atoms with van der Waals surface area (Å²) >= 11 is 0. The fraction of sp³-hybridized carbons (Fsp3) is 0.121. The summed E-state index contributed by atoms with van der Waals surface area (Å²) < 4.78 is 15.7. The predicted molar refractivity (Wildman–Crippen MR) is 159 cm³/mol. The molecule has 1 aromatic heterocycles. The van der Waals surface area contributed by atoms with Crippen molar-refractivity contribution < 1.29 is 49.0 Å². The number of hydrogen-bond donors (Lipinski definition) is 5. The molecule has 0 radical (unpaired) electrons. The van der Waals surface area contributed by atoms with Crippen molar-refractivity contribution in [1.82, 2.24) is 0 Å². The van der Waals surface area contributed by atoms with Crippen LogP contribution in [0.15, 0.2) is 64.0 Å². The van der Waals surface area contributed by atoms with Crippen LogP contribution in [0.1, 0.15) is 43.0 Å². The van der Waals surface area contributed by atoms with Crippen LogP contribution in [0.3, 0.4) is 0 Å². The highest BCUT2D eigenvalue weighted by atomic mass is 16.5. The van der Waals surface area contributed by atoms with Gasteiger partial charge >= 0.3 is 0 Å². The highest BCUT2D eigenvalue weighted by Crippen LogP contribution is 2.45. The lowest BCUT2D eigenvalue weighted by Gasteiger charge is -2.22. The molecule has 4 aromatic carbocycles. The molecule has 5 aromatic rings. The first-order chi connectivity index (χ1) is 20.9. The van der Waals surface area contributed by atoms with E-state index in [9.17, 15) is 39.9 Å². The van der Waals surface area contributed by atoms with Crippen molar-refractivity contribution in [2.45, 2.75) is 13.8 Å². The number of phenolic OH excluding ortho intramolecular Hbond substituents is 5. The Kier molecular flexibility index (Phi) is 7.40. The summed E-state index contributed by atoms with van der Waals surface area (Å²) in [5, 5.41) is 50.2. The summed E-state index contributed by atoms with van der Waals surface area (Å²) in [5.74, 6) is -2.66. The molecule has 44 heavy (non-hydrogen) atoms. The summed E-state index contributed by atoms with van der Waals surface area (Å²) in [6, 6.07) is 12.4. The maximum Gasteiger partial charge on any atom is 0.204 e. The molecule has 5 N–H and O–H groups in total. The molecule has 0 fully saturated rings. The molecular formula is C33H26O11. The summed E-state index contributed by atoms with van der Waals surface area (Å²) in [4.78, 5) is 37.8. The van der Waals surface area contributed by atoms with Gasteiger partial charge in [-0.15, -0.1) is 0 Å². The van der Waals surface area contributed by atoms with Gasteiger partial charge in [-0.1, -0.05) is 12.1 Å². The summed E-state index contributed by atoms with van der Waals surface area (Å²) in [6.07, 6.45) is 1.37. The lowest BCUT2D eigenvalue weighted by atomic mass is 9.80. The first-order valence-corrected chi connectivity index (χ1v) is 13.1. The van der Waals surface area contributed by atoms with Crippen LogP contribution < -0.4 is 14.9 Å². The zero-order valence-corrected chi connectivity index (χ0v) is 23.9. The van der Waals surface area contributed by atoms with E-state index in [0.29, 0.717) is 16.7 Å². The zero-order chi connectivity index (χ0) is 32.0. The van der Waals surface area contributed by atoms with Gasteiger partial charge in [0.1, 0.15) is 35.0 Å². The van der Waals surface area contributed by atoms with Gasteiger partial charge in [0.05, 0.1) is 47.4 Å². The number of phenols is 5. The fourth-order valence-electron chi connectivity index (χ4n) is 5.06. The van der Waals surface area contributed by atoms with Crippen molar-refractivity contribution in [1.29, 1.82) is 0 Å². The van der Waals surface area contributed by atoms with E-state index in [2.05, 4.69) is 0 Å². The van der Waals surface area contributed by atoms with Crippen molar-refractivity contribution in [3.8, 4) is 51.4 Å². The van der Waals surface area contributed by atoms with Crippen molar-refractivity contribution >= 4 is 22.5 Å². The second kappa shape index (κ2) is 11.0. The lowest BCUT2D eigenvalue weighted by molar-refractivity contribution is 0.0969. The van der Waals surface area contributed by atoms with Crippen LogP contribution in [0.5, 0.6) is 40.2 Å². The number of rotatable bonds is 3. The molecule has 11 nitrogen and oxygen atoms in total. The van der Waals surface area contributed by atoms with Gasteiger partial charge in [-0.3, -0.25) is 14.4 Å². The zero-order valence-electron chi connectivity index (χ0n) is 23.9. The van der Waals surface area contributed by atoms with Crippen molar-refractivity contribution in [2.75, 3.05) is 14.2 Å². The number of aromatic hydroxyl groups is 5. The number of carbonyl (C=O) groups is 2. The van der Waals surface area contributed by atoms with Gasteiger partial charge in [0.25, 0.3) is 0 Å². The molecule has 11 heteroatoms. The summed E-state index contributed by atoms with van der Waals surface area (Å²) in [5.41, 5.74) is 0.151. The number of carbonyl (C=O) groups excluding carboxylic acids is 2. The number of ether oxygens (including phenoxy) is 2. The third kappa shape index (κ3) is 4.60. The Balaban J connectivity index is 0.000000175. The SMILES string of the molecule is COc1ccc(-c2coc3c(OC)c(O)ccc3c2=O)cc1.Cc1cc(O)c2c(c1O)C(=O)c1c(O)cc(C)c(O)c1C2=O. The van der Waals surface area contributed by atoms with E-state index in [1.165, 1.54) is 39.4 Å². The number of benzene rings is 4. The van der Waals surface area contributed by atoms with Crippen molar-refractivity contribution in [3.63, 3.8) is 0 Å². The van der Waals surface area contributed by atoms with Gasteiger partial charge in [-0.25, -0.2) is 0 Å². The monoisotopic (exact) mass is 598 g/mol. The largest absolute Gasteiger partial charge is 0.507 e. The van der Waals surface area contributed by atoms with Crippen molar-refractivity contribution in [2.24, 2.45) is 0 Å². The minimum atomic E-state index is -0.825. The molecule has 1 aliphatic carbocycles. The third-order valence-electron chi connectivity index (χ3n) is 7.33. The molecule has 1 heterocycles. The third-order valence-corrected chi connectivity index (χ3v) is 7.33. The minimum absolute atomic E-state index is 0.0738. The Morgan fingerprint density at radius 3 is 1.64 bits per heavy atom. The molecule has 0 saturated heterocycles. The fourth-order valence-corrected chi connectivity index (χ4v) is 5.06. The number of methoxy groups -OCH3 is 2. The second-order valence-corrected chi connectivity index (χ2v) is 9.98. The molecule has 0 spiro atoms. The molecule has 0 unspecified atom stereocenters. The quantitative estimate of drug-likeness (QED) is 0.171. The molecule has 224 valence electrons. The normalized spacial score (nSPS) is 11.8. The Labute approximate surface area is 249 Å². The molecule has 6 rings (SSSR count). The van der Waals surface area contributed by atoms with Gasteiger partial charge in [0.2, 0.25) is 22.7 Å². The average molecular weight is 599 g/mol. The summed E-state index contributed by atoms with van der Waals surface area (Å²) in [6.45, 7) is 2.93. The second-order valence-electron chi connectivity index (χ2n) is 9.98. The van der Waals surface area contributed by atoms with Crippen LogP contribution >= 0.6 is 0 Å². The van der Waals surface area contributed by atoms with Gasteiger partial charge in [-0.2, -0.15) is 0 Å². The van der Waals surface area contributed by atoms with E-state index in [4.69, 9.17) is 13.9 Å². The maximum atomic E-state index is 12.6. The predicted octanol–water partition coefficient (Wildman–Crippen LogP) is 5.08. The van der Waals surface area contributed by atoms with Gasteiger partial charge in [-0.05, 0) is 66.9 Å². The van der Waals surface area contributed by atoms with Gasteiger partial charge < -0.3 is 39.4 Å². The molecule has 0 aliphatic heterocycles. The Morgan fingerprint density at radius 1 is 0.636 bits per heavy atom. The average Bonchev–Trinajstić information content (AvgIpc) is 3.00. The van der Waals surface area contributed by atoms with Crippen LogP contribution in [-0.2, 0) is 0 Å². The number of fused-ring (bicyclic) bond motifs is 3. The number of ketones is 2. The van der Waals surface area contributed by atoms with Gasteiger partial charge in [0, 0.05) is 0 Å². The van der Waals surface area contributed by atoms with E-state index in [0.717, 1.165) is 17.7 Å². The maximum absolute atomic E-state index is 12.6. The first-order valence-electron chi connectivity index (χ1n) is 13.1. The lowest BCUT2D eigenvalue weighted by Crippen LogP contribution is -2.22. The molecule has 1 aliphatic rings. The van der Waals surface area contributed by atoms with Gasteiger partial charge in [0.15, 0.2) is 11.3 Å². The van der Waals surface area contributed by atoms with Crippen LogP contribution in [0.4, 0.5) is 0 Å². The van der Waals surface area contributed by atoms with E-state index in [1.807, 2.05) is 0 Å². The molecule has 0 atom stereocenters. The smallest absolute Gasteiger partial charge is 0.204 e. The number of aryl methyl sites for hydroxylation is 2. The van der Waals surface area contributed by atoms with E-state index < -0.39 is 34.6 Å². The molecule has 0 bridgehead atoms. The Hall–Kier alpha value is -5.97. The molecule has 0 saturated carbocycles. The van der Waals surface area contributed by atoms with E-state index in [1.54, 1.807) is 31.4 Å². The molecular weight excluding hydrogens is 572 g/mol. The van der Waals surface area contributed by atoms with Crippen LogP contribution in [0.25, 0.3) is 22.1 Å². The highest BCUT2D eigenvalue weighted by Gasteiger charge is 2.39. The standard InChI is InChI=1S/C17H14O5.C16H12O6/c1-20-11-5-3-10(4-6-11)13-9-22-16-12(15(13)19)7-8-14(18)17(16)21-2;1-5-3-7(17)9-11(13(5)19)15(21)10-8(18)4-6(2)14(20)12(10)16(9)22/h3-9,18H,1-2H3;3-4,17-20H,1-2H3. The topological polar surface area (TPSA) is 184 Å². The van der Waals surface area contributed by atoms with Crippen LogP contribution in [0.2, 0.25) is 0 Å².